The molecule has 1 aliphatic rings. The normalized spacial score (nSPS) is 28.8. The maximum atomic E-state index is 10.3. The van der Waals surface area contributed by atoms with Gasteiger partial charge in [0.05, 0.1) is 6.61 Å². The number of rotatable bonds is 2. The highest BCUT2D eigenvalue weighted by Crippen LogP contribution is 2.15. The molecule has 1 unspecified atom stereocenters. The Hall–Kier alpha value is -0.0800. The summed E-state index contributed by atoms with van der Waals surface area (Å²) in [5.74, 6) is 0. The topological polar surface area (TPSA) is 23.1 Å². The second-order valence-corrected chi connectivity index (χ2v) is 2.94. The molecule has 1 fully saturated rings. The highest BCUT2D eigenvalue weighted by Gasteiger charge is 2.17. The fourth-order valence-electron chi connectivity index (χ4n) is 1.44. The van der Waals surface area contributed by atoms with Gasteiger partial charge in [0.25, 0.3) is 0 Å². The van der Waals surface area contributed by atoms with Crippen LogP contribution in [0.15, 0.2) is 0 Å². The zero-order valence-electron chi connectivity index (χ0n) is 6.55. The molecular weight excluding hydrogens is 126 g/mol. The van der Waals surface area contributed by atoms with Crippen molar-refractivity contribution < 1.29 is 5.11 Å². The minimum absolute atomic E-state index is 0.0723. The molecule has 2 nitrogen and oxygen atoms in total. The number of nitrogens with zero attached hydrogens (tertiary/aromatic N) is 1. The Bertz CT molecular complexity index is 93.3. The van der Waals surface area contributed by atoms with Crippen LogP contribution >= 0.6 is 0 Å². The zero-order chi connectivity index (χ0) is 7.40. The molecule has 0 amide bonds. The number of hydrogen-bond donors (Lipinski definition) is 0. The summed E-state index contributed by atoms with van der Waals surface area (Å²) in [6, 6.07) is 0.534. The summed E-state index contributed by atoms with van der Waals surface area (Å²) < 4.78 is 0. The van der Waals surface area contributed by atoms with Crippen molar-refractivity contribution in [3.05, 3.63) is 6.42 Å². The average Bonchev–Trinajstić information content (AvgIpc) is 1.94. The molecule has 0 aromatic rings. The van der Waals surface area contributed by atoms with E-state index in [0.29, 0.717) is 6.04 Å². The van der Waals surface area contributed by atoms with E-state index >= 15 is 0 Å². The van der Waals surface area contributed by atoms with Gasteiger partial charge in [0.15, 0.2) is 0 Å². The Balaban J connectivity index is 2.25. The molecule has 0 spiro atoms. The van der Waals surface area contributed by atoms with Crippen LogP contribution < -0.4 is 0 Å². The molecule has 0 aromatic carbocycles. The first-order valence-electron chi connectivity index (χ1n) is 3.94. The van der Waals surface area contributed by atoms with Gasteiger partial charge in [0.1, 0.15) is 0 Å². The van der Waals surface area contributed by atoms with Crippen molar-refractivity contribution in [2.24, 2.45) is 0 Å². The standard InChI is InChI=1S/C8H15NO/c1-9-6-3-2-4-8(9)5-7-10/h2,8H,3-7H2,1H3. The van der Waals surface area contributed by atoms with Crippen molar-refractivity contribution in [1.29, 1.82) is 0 Å². The van der Waals surface area contributed by atoms with Gasteiger partial charge in [-0.25, -0.2) is 5.11 Å². The number of hydrogen-bond acceptors (Lipinski definition) is 1. The molecule has 0 saturated carbocycles. The van der Waals surface area contributed by atoms with E-state index in [4.69, 9.17) is 0 Å². The Kier molecular flexibility index (Phi) is 3.16. The van der Waals surface area contributed by atoms with Crippen molar-refractivity contribution >= 4 is 0 Å². The lowest BCUT2D eigenvalue weighted by Crippen LogP contribution is -2.36. The molecule has 10 heavy (non-hydrogen) atoms. The third-order valence-electron chi connectivity index (χ3n) is 2.20. The van der Waals surface area contributed by atoms with Gasteiger partial charge >= 0.3 is 0 Å². The molecule has 1 saturated heterocycles. The van der Waals surface area contributed by atoms with Crippen LogP contribution in [0.25, 0.3) is 0 Å². The maximum Gasteiger partial charge on any atom is 0.0837 e. The SMILES string of the molecule is CN1CC[CH]CC1CC[O]. The average molecular weight is 141 g/mol. The highest BCUT2D eigenvalue weighted by atomic mass is 16.3. The van der Waals surface area contributed by atoms with Gasteiger partial charge in [-0.05, 0) is 39.3 Å². The van der Waals surface area contributed by atoms with E-state index in [2.05, 4.69) is 18.4 Å². The maximum absolute atomic E-state index is 10.3. The lowest BCUT2D eigenvalue weighted by Gasteiger charge is -2.31. The summed E-state index contributed by atoms with van der Waals surface area (Å²) in [7, 11) is 2.10. The smallest absolute Gasteiger partial charge is 0.0837 e. The minimum atomic E-state index is 0.0723. The van der Waals surface area contributed by atoms with Crippen molar-refractivity contribution in [2.75, 3.05) is 20.2 Å². The van der Waals surface area contributed by atoms with Gasteiger partial charge < -0.3 is 4.90 Å². The molecule has 1 aliphatic heterocycles. The molecule has 1 heterocycles. The lowest BCUT2D eigenvalue weighted by molar-refractivity contribution is 0.129. The molecule has 58 valence electrons. The van der Waals surface area contributed by atoms with Crippen LogP contribution in [0.3, 0.4) is 0 Å². The van der Waals surface area contributed by atoms with Gasteiger partial charge in [-0.15, -0.1) is 0 Å². The van der Waals surface area contributed by atoms with E-state index < -0.39 is 0 Å². The fraction of sp³-hybridized carbons (Fsp3) is 0.875. The molecule has 1 atom stereocenters. The summed E-state index contributed by atoms with van der Waals surface area (Å²) in [5, 5.41) is 10.3. The van der Waals surface area contributed by atoms with Crippen LogP contribution in [0, 0.1) is 6.42 Å². The van der Waals surface area contributed by atoms with Gasteiger partial charge in [-0.1, -0.05) is 0 Å². The van der Waals surface area contributed by atoms with Crippen LogP contribution in [-0.2, 0) is 5.11 Å². The fourth-order valence-corrected chi connectivity index (χ4v) is 1.44. The van der Waals surface area contributed by atoms with Crippen LogP contribution in [0.4, 0.5) is 0 Å². The van der Waals surface area contributed by atoms with E-state index in [1.54, 1.807) is 0 Å². The van der Waals surface area contributed by atoms with Crippen molar-refractivity contribution in [3.63, 3.8) is 0 Å². The van der Waals surface area contributed by atoms with Crippen LogP contribution in [-0.4, -0.2) is 31.1 Å². The largest absolute Gasteiger partial charge is 0.303 e. The Morgan fingerprint density at radius 1 is 1.70 bits per heavy atom. The lowest BCUT2D eigenvalue weighted by atomic mass is 10.0. The Morgan fingerprint density at radius 2 is 2.50 bits per heavy atom. The van der Waals surface area contributed by atoms with Crippen LogP contribution in [0.1, 0.15) is 19.3 Å². The van der Waals surface area contributed by atoms with Gasteiger partial charge in [0.2, 0.25) is 0 Å². The second-order valence-electron chi connectivity index (χ2n) is 2.94. The number of piperidine rings is 1. The summed E-state index contributed by atoms with van der Waals surface area (Å²) in [5.41, 5.74) is 0. The molecule has 0 aliphatic carbocycles. The predicted molar refractivity (Wildman–Crippen MR) is 40.1 cm³/mol. The van der Waals surface area contributed by atoms with Crippen LogP contribution in [0.2, 0.25) is 0 Å². The third-order valence-corrected chi connectivity index (χ3v) is 2.20. The van der Waals surface area contributed by atoms with E-state index in [1.165, 1.54) is 6.42 Å². The van der Waals surface area contributed by atoms with Crippen molar-refractivity contribution in [2.45, 2.75) is 25.3 Å². The summed E-state index contributed by atoms with van der Waals surface area (Å²) in [4.78, 5) is 2.29. The Morgan fingerprint density at radius 3 is 3.10 bits per heavy atom. The van der Waals surface area contributed by atoms with Gasteiger partial charge in [-0.3, -0.25) is 0 Å². The molecule has 2 heteroatoms. The molecule has 2 radical (unpaired) electrons. The predicted octanol–water partition coefficient (Wildman–Crippen LogP) is 1.11. The summed E-state index contributed by atoms with van der Waals surface area (Å²) in [6.07, 6.45) is 5.40. The quantitative estimate of drug-likeness (QED) is 0.565. The van der Waals surface area contributed by atoms with Gasteiger partial charge in [-0.2, -0.15) is 0 Å². The van der Waals surface area contributed by atoms with Gasteiger partial charge in [0, 0.05) is 6.04 Å². The Labute approximate surface area is 62.8 Å². The summed E-state index contributed by atoms with van der Waals surface area (Å²) in [6.45, 7) is 1.20. The first kappa shape index (κ1) is 8.02. The monoisotopic (exact) mass is 141 g/mol. The molecule has 0 aromatic heterocycles. The third kappa shape index (κ3) is 1.96. The molecule has 0 N–H and O–H groups in total. The molecule has 1 rings (SSSR count). The van der Waals surface area contributed by atoms with E-state index in [-0.39, 0.29) is 6.61 Å². The van der Waals surface area contributed by atoms with E-state index in [1.807, 2.05) is 0 Å². The first-order chi connectivity index (χ1) is 4.84. The van der Waals surface area contributed by atoms with Crippen molar-refractivity contribution in [1.82, 2.24) is 4.90 Å². The summed E-state index contributed by atoms with van der Waals surface area (Å²) >= 11 is 0. The van der Waals surface area contributed by atoms with Crippen LogP contribution in [0.5, 0.6) is 0 Å². The molecule has 0 bridgehead atoms. The van der Waals surface area contributed by atoms with E-state index in [9.17, 15) is 5.11 Å². The highest BCUT2D eigenvalue weighted by molar-refractivity contribution is 4.83. The first-order valence-corrected chi connectivity index (χ1v) is 3.94. The molecular formula is C8H15NO. The minimum Gasteiger partial charge on any atom is -0.303 e. The number of likely N-dealkylation sites (tertiary alicyclic amines) is 1. The second kappa shape index (κ2) is 3.94. The van der Waals surface area contributed by atoms with Crippen molar-refractivity contribution in [3.8, 4) is 0 Å². The van der Waals surface area contributed by atoms with E-state index in [0.717, 1.165) is 19.4 Å². The zero-order valence-corrected chi connectivity index (χ0v) is 6.55.